The Labute approximate surface area is 107 Å². The zero-order valence-corrected chi connectivity index (χ0v) is 10.5. The van der Waals surface area contributed by atoms with Gasteiger partial charge in [0.05, 0.1) is 6.61 Å². The first-order chi connectivity index (χ1) is 8.78. The van der Waals surface area contributed by atoms with Gasteiger partial charge in [-0.2, -0.15) is 0 Å². The van der Waals surface area contributed by atoms with E-state index in [1.165, 1.54) is 0 Å². The number of urea groups is 1. The van der Waals surface area contributed by atoms with Gasteiger partial charge in [-0.1, -0.05) is 0 Å². The van der Waals surface area contributed by atoms with Crippen molar-refractivity contribution in [2.75, 3.05) is 30.9 Å². The minimum atomic E-state index is -0.212. The highest BCUT2D eigenvalue weighted by atomic mass is 16.5. The molecular weight excluding hydrogens is 230 g/mol. The monoisotopic (exact) mass is 249 g/mol. The maximum absolute atomic E-state index is 11.1. The molecule has 0 spiro atoms. The van der Waals surface area contributed by atoms with E-state index < -0.39 is 0 Å². The van der Waals surface area contributed by atoms with E-state index in [2.05, 4.69) is 16.0 Å². The van der Waals surface area contributed by atoms with E-state index >= 15 is 0 Å². The second-order valence-electron chi connectivity index (χ2n) is 4.34. The van der Waals surface area contributed by atoms with Gasteiger partial charge in [0.2, 0.25) is 0 Å². The van der Waals surface area contributed by atoms with Crippen molar-refractivity contribution in [2.24, 2.45) is 0 Å². The summed E-state index contributed by atoms with van der Waals surface area (Å²) < 4.78 is 5.42. The third-order valence-corrected chi connectivity index (χ3v) is 2.90. The minimum absolute atomic E-state index is 0.212. The summed E-state index contributed by atoms with van der Waals surface area (Å²) in [5, 5.41) is 8.65. The van der Waals surface area contributed by atoms with E-state index in [0.717, 1.165) is 37.4 Å². The Morgan fingerprint density at radius 2 is 2.00 bits per heavy atom. The molecule has 1 aromatic carbocycles. The summed E-state index contributed by atoms with van der Waals surface area (Å²) in [5.41, 5.74) is 1.83. The molecule has 0 aromatic heterocycles. The fourth-order valence-electron chi connectivity index (χ4n) is 1.93. The zero-order valence-electron chi connectivity index (χ0n) is 10.5. The van der Waals surface area contributed by atoms with Gasteiger partial charge in [-0.3, -0.25) is 0 Å². The minimum Gasteiger partial charge on any atom is -0.380 e. The molecule has 1 heterocycles. The van der Waals surface area contributed by atoms with Crippen LogP contribution in [0.2, 0.25) is 0 Å². The Balaban J connectivity index is 1.88. The van der Waals surface area contributed by atoms with Crippen molar-refractivity contribution in [1.82, 2.24) is 5.32 Å². The van der Waals surface area contributed by atoms with E-state index in [1.807, 2.05) is 24.3 Å². The lowest BCUT2D eigenvalue weighted by Crippen LogP contribution is -2.29. The average molecular weight is 249 g/mol. The second kappa shape index (κ2) is 6.26. The molecule has 98 valence electrons. The van der Waals surface area contributed by atoms with Crippen molar-refractivity contribution < 1.29 is 9.53 Å². The van der Waals surface area contributed by atoms with E-state index in [4.69, 9.17) is 4.74 Å². The summed E-state index contributed by atoms with van der Waals surface area (Å²) in [4.78, 5) is 11.1. The number of ether oxygens (including phenoxy) is 1. The van der Waals surface area contributed by atoms with Crippen LogP contribution in [-0.2, 0) is 4.74 Å². The highest BCUT2D eigenvalue weighted by Crippen LogP contribution is 2.17. The molecule has 2 amide bonds. The number of benzene rings is 1. The van der Waals surface area contributed by atoms with Gasteiger partial charge in [0.15, 0.2) is 0 Å². The lowest BCUT2D eigenvalue weighted by molar-refractivity contribution is 0.0876. The maximum Gasteiger partial charge on any atom is 0.318 e. The number of carbonyl (C=O) groups excluding carboxylic acids is 1. The summed E-state index contributed by atoms with van der Waals surface area (Å²) in [6.45, 7) is 1.63. The highest BCUT2D eigenvalue weighted by Gasteiger charge is 2.13. The van der Waals surface area contributed by atoms with Crippen LogP contribution in [0.25, 0.3) is 0 Å². The van der Waals surface area contributed by atoms with Crippen molar-refractivity contribution >= 4 is 17.4 Å². The molecule has 1 aliphatic rings. The van der Waals surface area contributed by atoms with Gasteiger partial charge in [0.25, 0.3) is 0 Å². The second-order valence-corrected chi connectivity index (χ2v) is 4.34. The van der Waals surface area contributed by atoms with Crippen LogP contribution < -0.4 is 16.0 Å². The molecule has 18 heavy (non-hydrogen) atoms. The Kier molecular flexibility index (Phi) is 4.41. The quantitative estimate of drug-likeness (QED) is 0.768. The smallest absolute Gasteiger partial charge is 0.318 e. The van der Waals surface area contributed by atoms with Crippen LogP contribution >= 0.6 is 0 Å². The van der Waals surface area contributed by atoms with Gasteiger partial charge < -0.3 is 20.7 Å². The van der Waals surface area contributed by atoms with Crippen LogP contribution in [0, 0.1) is 0 Å². The molecule has 0 aliphatic carbocycles. The molecule has 1 saturated heterocycles. The SMILES string of the molecule is CNC(=O)Nc1ccc(NC2CCCOC2)cc1. The van der Waals surface area contributed by atoms with Crippen LogP contribution in [0.15, 0.2) is 24.3 Å². The first-order valence-electron chi connectivity index (χ1n) is 6.21. The molecule has 5 heteroatoms. The van der Waals surface area contributed by atoms with Gasteiger partial charge in [-0.05, 0) is 37.1 Å². The maximum atomic E-state index is 11.1. The number of anilines is 2. The zero-order chi connectivity index (χ0) is 12.8. The normalized spacial score (nSPS) is 19.1. The van der Waals surface area contributed by atoms with E-state index in [9.17, 15) is 4.79 Å². The van der Waals surface area contributed by atoms with E-state index in [1.54, 1.807) is 7.05 Å². The predicted octanol–water partition coefficient (Wildman–Crippen LogP) is 2.03. The van der Waals surface area contributed by atoms with Crippen LogP contribution in [0.1, 0.15) is 12.8 Å². The standard InChI is InChI=1S/C13H19N3O2/c1-14-13(17)16-11-6-4-10(5-7-11)15-12-3-2-8-18-9-12/h4-7,12,15H,2-3,8-9H2,1H3,(H2,14,16,17). The molecule has 0 radical (unpaired) electrons. The molecule has 0 saturated carbocycles. The number of rotatable bonds is 3. The molecule has 1 atom stereocenters. The lowest BCUT2D eigenvalue weighted by atomic mass is 10.1. The van der Waals surface area contributed by atoms with Crippen molar-refractivity contribution in [1.29, 1.82) is 0 Å². The number of hydrogen-bond acceptors (Lipinski definition) is 3. The fourth-order valence-corrected chi connectivity index (χ4v) is 1.93. The third-order valence-electron chi connectivity index (χ3n) is 2.90. The van der Waals surface area contributed by atoms with Crippen molar-refractivity contribution in [3.8, 4) is 0 Å². The molecule has 5 nitrogen and oxygen atoms in total. The number of carbonyl (C=O) groups is 1. The Hall–Kier alpha value is -1.75. The average Bonchev–Trinajstić information content (AvgIpc) is 2.42. The van der Waals surface area contributed by atoms with Crippen molar-refractivity contribution in [3.63, 3.8) is 0 Å². The Morgan fingerprint density at radius 1 is 1.28 bits per heavy atom. The van der Waals surface area contributed by atoms with Crippen LogP contribution in [0.3, 0.4) is 0 Å². The van der Waals surface area contributed by atoms with Gasteiger partial charge in [-0.25, -0.2) is 4.79 Å². The molecular formula is C13H19N3O2. The number of nitrogens with one attached hydrogen (secondary N) is 3. The molecule has 1 aliphatic heterocycles. The first-order valence-corrected chi connectivity index (χ1v) is 6.21. The van der Waals surface area contributed by atoms with Crippen LogP contribution in [0.4, 0.5) is 16.2 Å². The number of hydrogen-bond donors (Lipinski definition) is 3. The molecule has 1 aromatic rings. The van der Waals surface area contributed by atoms with Gasteiger partial charge in [0, 0.05) is 31.1 Å². The molecule has 3 N–H and O–H groups in total. The van der Waals surface area contributed by atoms with Crippen LogP contribution in [0.5, 0.6) is 0 Å². The van der Waals surface area contributed by atoms with Gasteiger partial charge >= 0.3 is 6.03 Å². The van der Waals surface area contributed by atoms with Crippen LogP contribution in [-0.4, -0.2) is 32.3 Å². The predicted molar refractivity (Wildman–Crippen MR) is 72.0 cm³/mol. The number of amides is 2. The van der Waals surface area contributed by atoms with Gasteiger partial charge in [-0.15, -0.1) is 0 Å². The summed E-state index contributed by atoms with van der Waals surface area (Å²) in [6, 6.07) is 7.84. The summed E-state index contributed by atoms with van der Waals surface area (Å²) in [6.07, 6.45) is 2.24. The highest BCUT2D eigenvalue weighted by molar-refractivity contribution is 5.89. The first kappa shape index (κ1) is 12.7. The molecule has 2 rings (SSSR count). The Morgan fingerprint density at radius 3 is 2.61 bits per heavy atom. The molecule has 0 bridgehead atoms. The largest absolute Gasteiger partial charge is 0.380 e. The summed E-state index contributed by atoms with van der Waals surface area (Å²) in [5.74, 6) is 0. The lowest BCUT2D eigenvalue weighted by Gasteiger charge is -2.24. The Bertz CT molecular complexity index is 386. The molecule has 1 fully saturated rings. The van der Waals surface area contributed by atoms with E-state index in [0.29, 0.717) is 6.04 Å². The van der Waals surface area contributed by atoms with Crippen molar-refractivity contribution in [2.45, 2.75) is 18.9 Å². The fraction of sp³-hybridized carbons (Fsp3) is 0.462. The van der Waals surface area contributed by atoms with Gasteiger partial charge in [0.1, 0.15) is 0 Å². The summed E-state index contributed by atoms with van der Waals surface area (Å²) >= 11 is 0. The summed E-state index contributed by atoms with van der Waals surface area (Å²) in [7, 11) is 1.59. The molecule has 1 unspecified atom stereocenters. The van der Waals surface area contributed by atoms with E-state index in [-0.39, 0.29) is 6.03 Å². The third kappa shape index (κ3) is 3.63. The topological polar surface area (TPSA) is 62.4 Å². The van der Waals surface area contributed by atoms with Crippen molar-refractivity contribution in [3.05, 3.63) is 24.3 Å².